The number of hydrogen-bond acceptors (Lipinski definition) is 4. The fourth-order valence-corrected chi connectivity index (χ4v) is 2.16. The summed E-state index contributed by atoms with van der Waals surface area (Å²) in [6, 6.07) is 5.26. The van der Waals surface area contributed by atoms with Crippen LogP contribution >= 0.6 is 15.9 Å². The maximum absolute atomic E-state index is 11.9. The van der Waals surface area contributed by atoms with Crippen LogP contribution in [0.1, 0.15) is 18.0 Å². The van der Waals surface area contributed by atoms with E-state index in [9.17, 15) is 8.78 Å². The van der Waals surface area contributed by atoms with Crippen molar-refractivity contribution in [3.63, 3.8) is 0 Å². The minimum Gasteiger partial charge on any atom is -0.490 e. The number of rotatable bonds is 10. The van der Waals surface area contributed by atoms with E-state index in [4.69, 9.17) is 19.9 Å². The monoisotopic (exact) mass is 367 g/mol. The Labute approximate surface area is 131 Å². The van der Waals surface area contributed by atoms with Crippen molar-refractivity contribution in [1.82, 2.24) is 0 Å². The maximum Gasteiger partial charge on any atom is 0.261 e. The van der Waals surface area contributed by atoms with Gasteiger partial charge in [0, 0.05) is 19.8 Å². The Morgan fingerprint density at radius 2 is 2.00 bits per heavy atom. The molecule has 2 N–H and O–H groups in total. The summed E-state index contributed by atoms with van der Waals surface area (Å²) in [5.41, 5.74) is 6.89. The molecule has 0 bridgehead atoms. The molecule has 0 amide bonds. The lowest BCUT2D eigenvalue weighted by atomic mass is 10.1. The number of halogens is 3. The van der Waals surface area contributed by atoms with Gasteiger partial charge in [-0.1, -0.05) is 6.07 Å². The van der Waals surface area contributed by atoms with Gasteiger partial charge in [-0.3, -0.25) is 0 Å². The first-order valence-electron chi connectivity index (χ1n) is 6.57. The minimum absolute atomic E-state index is 0.204. The zero-order chi connectivity index (χ0) is 15.7. The summed E-state index contributed by atoms with van der Waals surface area (Å²) in [5, 5.41) is 0. The van der Waals surface area contributed by atoms with Gasteiger partial charge >= 0.3 is 0 Å². The fraction of sp³-hybridized carbons (Fsp3) is 0.571. The van der Waals surface area contributed by atoms with E-state index >= 15 is 0 Å². The molecule has 1 unspecified atom stereocenters. The lowest BCUT2D eigenvalue weighted by Crippen LogP contribution is -2.15. The van der Waals surface area contributed by atoms with Crippen LogP contribution in [0.3, 0.4) is 0 Å². The average Bonchev–Trinajstić information content (AvgIpc) is 2.45. The third-order valence-electron chi connectivity index (χ3n) is 2.75. The summed E-state index contributed by atoms with van der Waals surface area (Å²) >= 11 is 3.42. The highest BCUT2D eigenvalue weighted by molar-refractivity contribution is 9.10. The highest BCUT2D eigenvalue weighted by Gasteiger charge is 2.10. The first-order chi connectivity index (χ1) is 10.0. The molecule has 0 aliphatic heterocycles. The van der Waals surface area contributed by atoms with Gasteiger partial charge in [-0.2, -0.15) is 0 Å². The van der Waals surface area contributed by atoms with E-state index in [1.54, 1.807) is 7.11 Å². The molecule has 0 aliphatic rings. The lowest BCUT2D eigenvalue weighted by molar-refractivity contribution is 0.0152. The molecule has 0 heterocycles. The molecule has 0 saturated carbocycles. The van der Waals surface area contributed by atoms with Crippen LogP contribution in [0.5, 0.6) is 5.75 Å². The van der Waals surface area contributed by atoms with Crippen LogP contribution in [-0.4, -0.2) is 40.0 Å². The Morgan fingerprint density at radius 3 is 2.62 bits per heavy atom. The van der Waals surface area contributed by atoms with Gasteiger partial charge in [0.05, 0.1) is 11.1 Å². The molecule has 0 saturated heterocycles. The van der Waals surface area contributed by atoms with E-state index in [0.717, 1.165) is 10.0 Å². The predicted molar refractivity (Wildman–Crippen MR) is 79.9 cm³/mol. The molecule has 0 aliphatic carbocycles. The predicted octanol–water partition coefficient (Wildman–Crippen LogP) is 3.15. The van der Waals surface area contributed by atoms with Gasteiger partial charge in [-0.05, 0) is 40.0 Å². The topological polar surface area (TPSA) is 53.7 Å². The van der Waals surface area contributed by atoms with Crippen molar-refractivity contribution in [3.05, 3.63) is 28.2 Å². The van der Waals surface area contributed by atoms with Gasteiger partial charge in [-0.15, -0.1) is 0 Å². The third kappa shape index (κ3) is 7.17. The van der Waals surface area contributed by atoms with Crippen molar-refractivity contribution in [2.45, 2.75) is 18.9 Å². The molecule has 1 rings (SSSR count). The van der Waals surface area contributed by atoms with Crippen LogP contribution in [-0.2, 0) is 9.47 Å². The van der Waals surface area contributed by atoms with E-state index < -0.39 is 13.0 Å². The summed E-state index contributed by atoms with van der Waals surface area (Å²) in [7, 11) is 1.61. The molecule has 0 aromatic heterocycles. The SMILES string of the molecule is COCCOc1ccc(C(N)CCOCC(F)F)cc1Br. The van der Waals surface area contributed by atoms with Crippen molar-refractivity contribution in [3.8, 4) is 5.75 Å². The minimum atomic E-state index is -2.45. The molecule has 120 valence electrons. The quantitative estimate of drug-likeness (QED) is 0.645. The molecule has 0 radical (unpaired) electrons. The van der Waals surface area contributed by atoms with Crippen LogP contribution < -0.4 is 10.5 Å². The first kappa shape index (κ1) is 18.3. The molecule has 0 spiro atoms. The summed E-state index contributed by atoms with van der Waals surface area (Å²) in [5.74, 6) is 0.706. The van der Waals surface area contributed by atoms with Gasteiger partial charge in [0.15, 0.2) is 0 Å². The zero-order valence-electron chi connectivity index (χ0n) is 11.9. The van der Waals surface area contributed by atoms with Crippen molar-refractivity contribution < 1.29 is 23.0 Å². The largest absolute Gasteiger partial charge is 0.490 e. The van der Waals surface area contributed by atoms with Gasteiger partial charge in [0.1, 0.15) is 19.0 Å². The Kier molecular flexibility index (Phi) is 8.75. The molecule has 1 aromatic carbocycles. The third-order valence-corrected chi connectivity index (χ3v) is 3.37. The molecule has 7 heteroatoms. The molecule has 0 fully saturated rings. The smallest absolute Gasteiger partial charge is 0.261 e. The van der Waals surface area contributed by atoms with Gasteiger partial charge in [-0.25, -0.2) is 8.78 Å². The summed E-state index contributed by atoms with van der Waals surface area (Å²) in [4.78, 5) is 0. The number of alkyl halides is 2. The van der Waals surface area contributed by atoms with E-state index in [1.165, 1.54) is 0 Å². The Morgan fingerprint density at radius 1 is 1.24 bits per heavy atom. The van der Waals surface area contributed by atoms with Crippen LogP contribution in [0.2, 0.25) is 0 Å². The number of benzene rings is 1. The normalized spacial score (nSPS) is 12.7. The second kappa shape index (κ2) is 10.0. The average molecular weight is 368 g/mol. The molecule has 1 atom stereocenters. The molecule has 21 heavy (non-hydrogen) atoms. The highest BCUT2D eigenvalue weighted by Crippen LogP contribution is 2.28. The van der Waals surface area contributed by atoms with E-state index in [2.05, 4.69) is 15.9 Å². The van der Waals surface area contributed by atoms with Crippen LogP contribution in [0, 0.1) is 0 Å². The van der Waals surface area contributed by atoms with E-state index in [0.29, 0.717) is 25.4 Å². The summed E-state index contributed by atoms with van der Waals surface area (Å²) < 4.78 is 39.9. The summed E-state index contributed by atoms with van der Waals surface area (Å²) in [6.45, 7) is 0.620. The maximum atomic E-state index is 11.9. The van der Waals surface area contributed by atoms with Gasteiger partial charge in [0.25, 0.3) is 6.43 Å². The van der Waals surface area contributed by atoms with Crippen molar-refractivity contribution >= 4 is 15.9 Å². The number of nitrogens with two attached hydrogens (primary N) is 1. The van der Waals surface area contributed by atoms with Crippen LogP contribution in [0.15, 0.2) is 22.7 Å². The fourth-order valence-electron chi connectivity index (χ4n) is 1.65. The van der Waals surface area contributed by atoms with Crippen molar-refractivity contribution in [1.29, 1.82) is 0 Å². The molecule has 4 nitrogen and oxygen atoms in total. The zero-order valence-corrected chi connectivity index (χ0v) is 13.4. The summed E-state index contributed by atoms with van der Waals surface area (Å²) in [6.07, 6.45) is -1.97. The van der Waals surface area contributed by atoms with E-state index in [1.807, 2.05) is 18.2 Å². The number of ether oxygens (including phenoxy) is 3. The molecular formula is C14H20BrF2NO3. The van der Waals surface area contributed by atoms with Crippen LogP contribution in [0.25, 0.3) is 0 Å². The Hall–Kier alpha value is -0.760. The first-order valence-corrected chi connectivity index (χ1v) is 7.36. The molecule has 1 aromatic rings. The van der Waals surface area contributed by atoms with E-state index in [-0.39, 0.29) is 12.6 Å². The Balaban J connectivity index is 2.45. The standard InChI is InChI=1S/C14H20BrF2NO3/c1-19-6-7-21-13-3-2-10(8-11(13)15)12(18)4-5-20-9-14(16)17/h2-3,8,12,14H,4-7,9,18H2,1H3. The van der Waals surface area contributed by atoms with Gasteiger partial charge in [0.2, 0.25) is 0 Å². The number of hydrogen-bond donors (Lipinski definition) is 1. The highest BCUT2D eigenvalue weighted by atomic mass is 79.9. The second-order valence-corrected chi connectivity index (χ2v) is 5.25. The Bertz CT molecular complexity index is 421. The van der Waals surface area contributed by atoms with Crippen molar-refractivity contribution in [2.75, 3.05) is 33.5 Å². The van der Waals surface area contributed by atoms with Crippen molar-refractivity contribution in [2.24, 2.45) is 5.73 Å². The lowest BCUT2D eigenvalue weighted by Gasteiger charge is -2.14. The molecular weight excluding hydrogens is 348 g/mol. The van der Waals surface area contributed by atoms with Crippen LogP contribution in [0.4, 0.5) is 8.78 Å². The van der Waals surface area contributed by atoms with Gasteiger partial charge < -0.3 is 19.9 Å². The number of methoxy groups -OCH3 is 1. The second-order valence-electron chi connectivity index (χ2n) is 4.39.